The highest BCUT2D eigenvalue weighted by Gasteiger charge is 2.29. The second-order valence-electron chi connectivity index (χ2n) is 5.15. The van der Waals surface area contributed by atoms with Crippen molar-refractivity contribution in [3.8, 4) is 17.2 Å². The van der Waals surface area contributed by atoms with E-state index in [2.05, 4.69) is 0 Å². The molecule has 6 nitrogen and oxygen atoms in total. The van der Waals surface area contributed by atoms with Gasteiger partial charge >= 0.3 is 0 Å². The van der Waals surface area contributed by atoms with E-state index in [-0.39, 0.29) is 24.0 Å². The molecule has 0 aromatic heterocycles. The molecule has 3 rings (SSSR count). The molecule has 0 bridgehead atoms. The summed E-state index contributed by atoms with van der Waals surface area (Å²) in [6, 6.07) is 10.7. The third kappa shape index (κ3) is 2.43. The molecule has 6 heteroatoms. The number of ether oxygens (including phenoxy) is 2. The van der Waals surface area contributed by atoms with Crippen LogP contribution in [0.25, 0.3) is 0 Å². The van der Waals surface area contributed by atoms with Gasteiger partial charge in [0.2, 0.25) is 13.3 Å². The highest BCUT2D eigenvalue weighted by atomic mass is 16.7. The molecule has 0 fully saturated rings. The zero-order valence-electron chi connectivity index (χ0n) is 12.0. The number of hydrogen-bond acceptors (Lipinski definition) is 5. The number of nitrogens with zero attached hydrogens (tertiary/aromatic N) is 1. The first-order valence-corrected chi connectivity index (χ1v) is 6.86. The van der Waals surface area contributed by atoms with Gasteiger partial charge in [0.05, 0.1) is 5.92 Å². The number of benzene rings is 2. The summed E-state index contributed by atoms with van der Waals surface area (Å²) in [4.78, 5) is 10.7. The highest BCUT2D eigenvalue weighted by molar-refractivity contribution is 5.60. The SMILES string of the molecule is Cc1c(O)c([C@@H](C[N+](=O)[O-])c2ccccc2)cc2c1OCO2. The standard InChI is InChI=1S/C16H15NO5/c1-10-15(18)12(7-14-16(10)22-9-21-14)13(8-17(19)20)11-5-3-2-4-6-11/h2-7,13,18H,8-9H2,1H3/t13-/m0/s1. The van der Waals surface area contributed by atoms with Crippen LogP contribution in [0.2, 0.25) is 0 Å². The molecule has 2 aromatic rings. The zero-order chi connectivity index (χ0) is 15.7. The predicted octanol–water partition coefficient (Wildman–Crippen LogP) is 2.84. The Morgan fingerprint density at radius 3 is 2.73 bits per heavy atom. The summed E-state index contributed by atoms with van der Waals surface area (Å²) >= 11 is 0. The van der Waals surface area contributed by atoms with E-state index in [9.17, 15) is 15.2 Å². The number of aromatic hydroxyl groups is 1. The van der Waals surface area contributed by atoms with E-state index in [1.54, 1.807) is 13.0 Å². The lowest BCUT2D eigenvalue weighted by atomic mass is 9.89. The van der Waals surface area contributed by atoms with E-state index in [1.165, 1.54) is 0 Å². The maximum absolute atomic E-state index is 11.1. The second kappa shape index (κ2) is 5.55. The molecule has 0 spiro atoms. The van der Waals surface area contributed by atoms with Gasteiger partial charge in [-0.1, -0.05) is 30.3 Å². The van der Waals surface area contributed by atoms with Gasteiger partial charge in [-0.25, -0.2) is 0 Å². The molecule has 0 saturated heterocycles. The summed E-state index contributed by atoms with van der Waals surface area (Å²) < 4.78 is 10.7. The zero-order valence-corrected chi connectivity index (χ0v) is 12.0. The van der Waals surface area contributed by atoms with Crippen LogP contribution in [0.4, 0.5) is 0 Å². The Labute approximate surface area is 127 Å². The molecule has 1 aliphatic heterocycles. The summed E-state index contributed by atoms with van der Waals surface area (Å²) in [5.74, 6) is 0.466. The monoisotopic (exact) mass is 301 g/mol. The number of nitro groups is 1. The average Bonchev–Trinajstić information content (AvgIpc) is 2.98. The maximum Gasteiger partial charge on any atom is 0.231 e. The Kier molecular flexibility index (Phi) is 3.58. The molecule has 0 radical (unpaired) electrons. The first-order chi connectivity index (χ1) is 10.6. The van der Waals surface area contributed by atoms with Gasteiger partial charge in [0.1, 0.15) is 5.75 Å². The average molecular weight is 301 g/mol. The molecule has 114 valence electrons. The molecule has 0 amide bonds. The number of phenols is 1. The molecule has 1 aliphatic rings. The summed E-state index contributed by atoms with van der Waals surface area (Å²) in [6.45, 7) is 1.49. The second-order valence-corrected chi connectivity index (χ2v) is 5.15. The minimum atomic E-state index is -0.551. The lowest BCUT2D eigenvalue weighted by molar-refractivity contribution is -0.481. The molecule has 1 N–H and O–H groups in total. The number of phenolic OH excluding ortho intramolecular Hbond substituents is 1. The van der Waals surface area contributed by atoms with Crippen LogP contribution in [0.5, 0.6) is 17.2 Å². The highest BCUT2D eigenvalue weighted by Crippen LogP contribution is 2.45. The van der Waals surface area contributed by atoms with Crippen LogP contribution in [0.15, 0.2) is 36.4 Å². The normalized spacial score (nSPS) is 13.9. The first-order valence-electron chi connectivity index (χ1n) is 6.86. The van der Waals surface area contributed by atoms with Crippen LogP contribution in [0.1, 0.15) is 22.6 Å². The van der Waals surface area contributed by atoms with Crippen LogP contribution >= 0.6 is 0 Å². The largest absolute Gasteiger partial charge is 0.507 e. The van der Waals surface area contributed by atoms with Crippen LogP contribution < -0.4 is 9.47 Å². The van der Waals surface area contributed by atoms with Gasteiger partial charge < -0.3 is 14.6 Å². The molecule has 1 heterocycles. The quantitative estimate of drug-likeness (QED) is 0.693. The van der Waals surface area contributed by atoms with Crippen LogP contribution in [0.3, 0.4) is 0 Å². The number of hydrogen-bond donors (Lipinski definition) is 1. The number of rotatable bonds is 4. The lowest BCUT2D eigenvalue weighted by Crippen LogP contribution is -2.14. The Bertz CT molecular complexity index is 714. The third-order valence-electron chi connectivity index (χ3n) is 3.81. The van der Waals surface area contributed by atoms with E-state index in [1.807, 2.05) is 30.3 Å². The summed E-state index contributed by atoms with van der Waals surface area (Å²) in [5, 5.41) is 21.5. The molecular weight excluding hydrogens is 286 g/mol. The van der Waals surface area contributed by atoms with Gasteiger partial charge in [-0.2, -0.15) is 0 Å². The summed E-state index contributed by atoms with van der Waals surface area (Å²) in [5.41, 5.74) is 1.78. The van der Waals surface area contributed by atoms with Gasteiger partial charge in [-0.15, -0.1) is 0 Å². The smallest absolute Gasteiger partial charge is 0.231 e. The Morgan fingerprint density at radius 1 is 1.32 bits per heavy atom. The van der Waals surface area contributed by atoms with E-state index >= 15 is 0 Å². The third-order valence-corrected chi connectivity index (χ3v) is 3.81. The van der Waals surface area contributed by atoms with Gasteiger partial charge in [0.25, 0.3) is 0 Å². The van der Waals surface area contributed by atoms with Crippen molar-refractivity contribution in [3.63, 3.8) is 0 Å². The molecule has 0 saturated carbocycles. The maximum atomic E-state index is 11.1. The summed E-state index contributed by atoms with van der Waals surface area (Å²) in [7, 11) is 0. The summed E-state index contributed by atoms with van der Waals surface area (Å²) in [6.07, 6.45) is 0. The van der Waals surface area contributed by atoms with Gasteiger partial charge in [-0.05, 0) is 18.6 Å². The molecule has 0 unspecified atom stereocenters. The van der Waals surface area contributed by atoms with Crippen molar-refractivity contribution >= 4 is 0 Å². The Hall–Kier alpha value is -2.76. The van der Waals surface area contributed by atoms with Crippen molar-refractivity contribution in [2.24, 2.45) is 0 Å². The van der Waals surface area contributed by atoms with Gasteiger partial charge in [0.15, 0.2) is 11.5 Å². The fraction of sp³-hybridized carbons (Fsp3) is 0.250. The van der Waals surface area contributed by atoms with Crippen molar-refractivity contribution in [1.29, 1.82) is 0 Å². The lowest BCUT2D eigenvalue weighted by Gasteiger charge is -2.17. The van der Waals surface area contributed by atoms with E-state index in [0.29, 0.717) is 22.6 Å². The molecule has 0 aliphatic carbocycles. The van der Waals surface area contributed by atoms with Crippen LogP contribution in [-0.4, -0.2) is 23.4 Å². The van der Waals surface area contributed by atoms with Gasteiger partial charge in [-0.3, -0.25) is 10.1 Å². The first kappa shape index (κ1) is 14.2. The topological polar surface area (TPSA) is 81.8 Å². The molecule has 1 atom stereocenters. The van der Waals surface area contributed by atoms with Crippen molar-refractivity contribution in [3.05, 3.63) is 63.2 Å². The number of fused-ring (bicyclic) bond motifs is 1. The van der Waals surface area contributed by atoms with Crippen molar-refractivity contribution in [1.82, 2.24) is 0 Å². The fourth-order valence-corrected chi connectivity index (χ4v) is 2.71. The minimum Gasteiger partial charge on any atom is -0.507 e. The van der Waals surface area contributed by atoms with E-state index < -0.39 is 5.92 Å². The van der Waals surface area contributed by atoms with Crippen molar-refractivity contribution < 1.29 is 19.5 Å². The fourth-order valence-electron chi connectivity index (χ4n) is 2.71. The van der Waals surface area contributed by atoms with Crippen molar-refractivity contribution in [2.75, 3.05) is 13.3 Å². The molecule has 2 aromatic carbocycles. The van der Waals surface area contributed by atoms with Gasteiger partial charge in [0, 0.05) is 16.1 Å². The predicted molar refractivity (Wildman–Crippen MR) is 79.1 cm³/mol. The Balaban J connectivity index is 2.13. The Morgan fingerprint density at radius 2 is 2.05 bits per heavy atom. The molecular formula is C16H15NO5. The van der Waals surface area contributed by atoms with Crippen LogP contribution in [-0.2, 0) is 0 Å². The van der Waals surface area contributed by atoms with E-state index in [4.69, 9.17) is 9.47 Å². The molecule has 22 heavy (non-hydrogen) atoms. The van der Waals surface area contributed by atoms with Crippen LogP contribution in [0, 0.1) is 17.0 Å². The van der Waals surface area contributed by atoms with Crippen molar-refractivity contribution in [2.45, 2.75) is 12.8 Å². The van der Waals surface area contributed by atoms with E-state index in [0.717, 1.165) is 5.56 Å². The minimum absolute atomic E-state index is 0.0138.